The third-order valence-corrected chi connectivity index (χ3v) is 4.30. The van der Waals surface area contributed by atoms with Gasteiger partial charge in [0.05, 0.1) is 6.04 Å². The first kappa shape index (κ1) is 14.3. The van der Waals surface area contributed by atoms with Gasteiger partial charge in [0, 0.05) is 24.6 Å². The summed E-state index contributed by atoms with van der Waals surface area (Å²) in [5, 5.41) is 0.271. The van der Waals surface area contributed by atoms with E-state index in [1.165, 1.54) is 5.56 Å². The van der Waals surface area contributed by atoms with E-state index in [1.54, 1.807) is 0 Å². The smallest absolute Gasteiger partial charge is 0.338 e. The van der Waals surface area contributed by atoms with Gasteiger partial charge >= 0.3 is 6.18 Å². The molecule has 1 aliphatic rings. The lowest BCUT2D eigenvalue weighted by molar-refractivity contribution is -0.144. The SMILES string of the molecule is NCC1c2ccccc2CCN1c1nc(C(F)(F)F)ns1. The number of nitrogens with zero attached hydrogens (tertiary/aromatic N) is 3. The molecule has 0 saturated carbocycles. The highest BCUT2D eigenvalue weighted by Gasteiger charge is 2.37. The number of hydrogen-bond donors (Lipinski definition) is 1. The van der Waals surface area contributed by atoms with Gasteiger partial charge in [0.25, 0.3) is 0 Å². The van der Waals surface area contributed by atoms with Crippen LogP contribution in [0.1, 0.15) is 23.0 Å². The van der Waals surface area contributed by atoms with Gasteiger partial charge in [-0.1, -0.05) is 24.3 Å². The number of anilines is 1. The predicted molar refractivity (Wildman–Crippen MR) is 74.2 cm³/mol. The lowest BCUT2D eigenvalue weighted by Gasteiger charge is -2.36. The highest BCUT2D eigenvalue weighted by molar-refractivity contribution is 7.09. The topological polar surface area (TPSA) is 55.0 Å². The minimum Gasteiger partial charge on any atom is -0.338 e. The van der Waals surface area contributed by atoms with Crippen molar-refractivity contribution in [3.63, 3.8) is 0 Å². The molecule has 2 N–H and O–H groups in total. The third-order valence-electron chi connectivity index (χ3n) is 3.55. The van der Waals surface area contributed by atoms with Gasteiger partial charge in [0.1, 0.15) is 0 Å². The van der Waals surface area contributed by atoms with Crippen molar-refractivity contribution in [2.24, 2.45) is 5.73 Å². The molecule has 0 amide bonds. The summed E-state index contributed by atoms with van der Waals surface area (Å²) in [4.78, 5) is 5.44. The molecule has 112 valence electrons. The summed E-state index contributed by atoms with van der Waals surface area (Å²) < 4.78 is 41.3. The summed E-state index contributed by atoms with van der Waals surface area (Å²) in [5.74, 6) is -1.09. The van der Waals surface area contributed by atoms with E-state index in [1.807, 2.05) is 29.2 Å². The second-order valence-corrected chi connectivity index (χ2v) is 5.52. The van der Waals surface area contributed by atoms with Crippen molar-refractivity contribution in [1.82, 2.24) is 9.36 Å². The maximum Gasteiger partial charge on any atom is 0.452 e. The molecular weight excluding hydrogens is 301 g/mol. The summed E-state index contributed by atoms with van der Waals surface area (Å²) in [6, 6.07) is 7.69. The Morgan fingerprint density at radius 3 is 2.76 bits per heavy atom. The quantitative estimate of drug-likeness (QED) is 0.926. The monoisotopic (exact) mass is 314 g/mol. The lowest BCUT2D eigenvalue weighted by atomic mass is 9.93. The molecule has 3 rings (SSSR count). The summed E-state index contributed by atoms with van der Waals surface area (Å²) in [5.41, 5.74) is 8.07. The van der Waals surface area contributed by atoms with E-state index in [0.29, 0.717) is 13.1 Å². The second-order valence-electron chi connectivity index (χ2n) is 4.79. The summed E-state index contributed by atoms with van der Waals surface area (Å²) >= 11 is 0.766. The molecule has 0 saturated heterocycles. The fourth-order valence-electron chi connectivity index (χ4n) is 2.58. The van der Waals surface area contributed by atoms with Crippen molar-refractivity contribution in [1.29, 1.82) is 0 Å². The van der Waals surface area contributed by atoms with Crippen molar-refractivity contribution in [2.45, 2.75) is 18.6 Å². The van der Waals surface area contributed by atoms with E-state index in [2.05, 4.69) is 9.36 Å². The maximum absolute atomic E-state index is 12.6. The van der Waals surface area contributed by atoms with Gasteiger partial charge in [-0.05, 0) is 17.5 Å². The molecule has 0 spiro atoms. The van der Waals surface area contributed by atoms with Crippen molar-refractivity contribution in [3.05, 3.63) is 41.2 Å². The predicted octanol–water partition coefficient (Wildman–Crippen LogP) is 2.62. The molecule has 1 unspecified atom stereocenters. The fourth-order valence-corrected chi connectivity index (χ4v) is 3.35. The van der Waals surface area contributed by atoms with E-state index >= 15 is 0 Å². The number of alkyl halides is 3. The van der Waals surface area contributed by atoms with Crippen LogP contribution in [0.5, 0.6) is 0 Å². The Bertz CT molecular complexity index is 640. The Morgan fingerprint density at radius 2 is 2.10 bits per heavy atom. The first-order valence-electron chi connectivity index (χ1n) is 6.46. The van der Waals surface area contributed by atoms with Gasteiger partial charge in [0.15, 0.2) is 0 Å². The standard InChI is InChI=1S/C13H13F3N4S/c14-13(15,16)11-18-12(21-19-11)20-6-5-8-3-1-2-4-9(8)10(20)7-17/h1-4,10H,5-7,17H2. The zero-order valence-corrected chi connectivity index (χ0v) is 11.8. The van der Waals surface area contributed by atoms with E-state index < -0.39 is 12.0 Å². The number of halogens is 3. The van der Waals surface area contributed by atoms with Crippen LogP contribution in [0.25, 0.3) is 0 Å². The Balaban J connectivity index is 1.94. The summed E-state index contributed by atoms with van der Waals surface area (Å²) in [6.07, 6.45) is -3.76. The van der Waals surface area contributed by atoms with Gasteiger partial charge in [-0.3, -0.25) is 0 Å². The van der Waals surface area contributed by atoms with Crippen LogP contribution < -0.4 is 10.6 Å². The van der Waals surface area contributed by atoms with E-state index in [9.17, 15) is 13.2 Å². The largest absolute Gasteiger partial charge is 0.452 e. The van der Waals surface area contributed by atoms with E-state index in [-0.39, 0.29) is 11.2 Å². The molecule has 1 aromatic carbocycles. The van der Waals surface area contributed by atoms with Crippen molar-refractivity contribution in [3.8, 4) is 0 Å². The lowest BCUT2D eigenvalue weighted by Crippen LogP contribution is -2.39. The van der Waals surface area contributed by atoms with Crippen molar-refractivity contribution in [2.75, 3.05) is 18.0 Å². The number of rotatable bonds is 2. The van der Waals surface area contributed by atoms with Crippen LogP contribution in [0, 0.1) is 0 Å². The third kappa shape index (κ3) is 2.60. The molecule has 0 fully saturated rings. The number of fused-ring (bicyclic) bond motifs is 1. The zero-order chi connectivity index (χ0) is 15.0. The number of nitrogens with two attached hydrogens (primary N) is 1. The molecule has 0 aliphatic carbocycles. The van der Waals surface area contributed by atoms with Crippen LogP contribution in [-0.2, 0) is 12.6 Å². The highest BCUT2D eigenvalue weighted by atomic mass is 32.1. The molecule has 2 aromatic rings. The first-order valence-corrected chi connectivity index (χ1v) is 7.23. The molecule has 1 aromatic heterocycles. The normalized spacial score (nSPS) is 18.7. The Hall–Kier alpha value is -1.67. The molecular formula is C13H13F3N4S. The molecule has 21 heavy (non-hydrogen) atoms. The Kier molecular flexibility index (Phi) is 3.58. The van der Waals surface area contributed by atoms with Gasteiger partial charge in [0.2, 0.25) is 11.0 Å². The number of benzene rings is 1. The average molecular weight is 314 g/mol. The maximum atomic E-state index is 12.6. The molecule has 1 aliphatic heterocycles. The van der Waals surface area contributed by atoms with Crippen LogP contribution in [0.4, 0.5) is 18.3 Å². The molecule has 8 heteroatoms. The van der Waals surface area contributed by atoms with Crippen LogP contribution in [0.2, 0.25) is 0 Å². The van der Waals surface area contributed by atoms with E-state index in [0.717, 1.165) is 23.5 Å². The average Bonchev–Trinajstić information content (AvgIpc) is 2.95. The number of hydrogen-bond acceptors (Lipinski definition) is 5. The van der Waals surface area contributed by atoms with Crippen LogP contribution in [0.3, 0.4) is 0 Å². The van der Waals surface area contributed by atoms with Gasteiger partial charge < -0.3 is 10.6 Å². The summed E-state index contributed by atoms with van der Waals surface area (Å²) in [6.45, 7) is 0.906. The molecule has 0 bridgehead atoms. The van der Waals surface area contributed by atoms with E-state index in [4.69, 9.17) is 5.73 Å². The van der Waals surface area contributed by atoms with Gasteiger partial charge in [-0.25, -0.2) is 0 Å². The van der Waals surface area contributed by atoms with Crippen LogP contribution >= 0.6 is 11.5 Å². The molecule has 4 nitrogen and oxygen atoms in total. The minimum absolute atomic E-state index is 0.163. The second kappa shape index (κ2) is 5.27. The van der Waals surface area contributed by atoms with Gasteiger partial charge in [-0.2, -0.15) is 22.5 Å². The van der Waals surface area contributed by atoms with Crippen molar-refractivity contribution < 1.29 is 13.2 Å². The van der Waals surface area contributed by atoms with Crippen LogP contribution in [-0.4, -0.2) is 22.4 Å². The Morgan fingerprint density at radius 1 is 1.33 bits per heavy atom. The molecule has 1 atom stereocenters. The Labute approximate surface area is 123 Å². The molecule has 0 radical (unpaired) electrons. The summed E-state index contributed by atoms with van der Waals surface area (Å²) in [7, 11) is 0. The fraction of sp³-hybridized carbons (Fsp3) is 0.385. The highest BCUT2D eigenvalue weighted by Crippen LogP contribution is 2.36. The molecule has 2 heterocycles. The van der Waals surface area contributed by atoms with Crippen LogP contribution in [0.15, 0.2) is 24.3 Å². The first-order chi connectivity index (χ1) is 10.0. The van der Waals surface area contributed by atoms with Gasteiger partial charge in [-0.15, -0.1) is 0 Å². The minimum atomic E-state index is -4.51. The zero-order valence-electron chi connectivity index (χ0n) is 11.0. The number of aromatic nitrogens is 2. The van der Waals surface area contributed by atoms with Crippen molar-refractivity contribution >= 4 is 16.7 Å².